The van der Waals surface area contributed by atoms with Gasteiger partial charge in [0.1, 0.15) is 23.9 Å². The number of hydrogen-bond acceptors (Lipinski definition) is 5. The molecule has 1 fully saturated rings. The van der Waals surface area contributed by atoms with Gasteiger partial charge >= 0.3 is 12.3 Å². The largest absolute Gasteiger partial charge is 0.573 e. The maximum absolute atomic E-state index is 14.5. The number of carboxylic acids is 1. The summed E-state index contributed by atoms with van der Waals surface area (Å²) < 4.78 is 75.2. The highest BCUT2D eigenvalue weighted by Crippen LogP contribution is 2.42. The van der Waals surface area contributed by atoms with Crippen LogP contribution in [0, 0.1) is 11.7 Å². The van der Waals surface area contributed by atoms with Crippen molar-refractivity contribution >= 4 is 5.97 Å². The molecule has 1 heterocycles. The van der Waals surface area contributed by atoms with Crippen LogP contribution in [0.25, 0.3) is 11.1 Å². The summed E-state index contributed by atoms with van der Waals surface area (Å²) in [6.07, 6.45) is -1.04. The van der Waals surface area contributed by atoms with Crippen LogP contribution < -0.4 is 18.9 Å². The molecule has 10 heteroatoms. The second kappa shape index (κ2) is 11.8. The lowest BCUT2D eigenvalue weighted by atomic mass is 9.99. The Hall–Kier alpha value is -3.95. The molecule has 0 radical (unpaired) electrons. The first kappa shape index (κ1) is 28.1. The minimum absolute atomic E-state index is 0.0101. The monoisotopic (exact) mass is 548 g/mol. The molecule has 3 aromatic carbocycles. The summed E-state index contributed by atoms with van der Waals surface area (Å²) in [6.45, 7) is 1.59. The molecule has 0 spiro atoms. The second-order valence-corrected chi connectivity index (χ2v) is 9.35. The van der Waals surface area contributed by atoms with Crippen molar-refractivity contribution < 1.29 is 46.4 Å². The molecule has 0 saturated heterocycles. The molecule has 1 saturated carbocycles. The number of alkyl halides is 3. The van der Waals surface area contributed by atoms with Crippen molar-refractivity contribution in [2.24, 2.45) is 5.92 Å². The Morgan fingerprint density at radius 1 is 1.03 bits per heavy atom. The van der Waals surface area contributed by atoms with E-state index in [4.69, 9.17) is 19.3 Å². The van der Waals surface area contributed by atoms with Crippen LogP contribution in [0.1, 0.15) is 43.4 Å². The highest BCUT2D eigenvalue weighted by atomic mass is 19.4. The Kier molecular flexibility index (Phi) is 8.52. The van der Waals surface area contributed by atoms with Gasteiger partial charge in [0.2, 0.25) is 0 Å². The summed E-state index contributed by atoms with van der Waals surface area (Å²) in [5, 5.41) is 9.15. The van der Waals surface area contributed by atoms with E-state index in [1.807, 2.05) is 0 Å². The van der Waals surface area contributed by atoms with Gasteiger partial charge in [0, 0.05) is 11.1 Å². The zero-order chi connectivity index (χ0) is 28.2. The molecule has 1 N–H and O–H groups in total. The van der Waals surface area contributed by atoms with Crippen LogP contribution in [0.4, 0.5) is 17.6 Å². The van der Waals surface area contributed by atoms with Crippen molar-refractivity contribution in [2.75, 3.05) is 13.7 Å². The Bertz CT molecular complexity index is 1320. The van der Waals surface area contributed by atoms with Crippen LogP contribution in [0.15, 0.2) is 54.6 Å². The Balaban J connectivity index is 0.00000110. The maximum Gasteiger partial charge on any atom is 0.573 e. The fraction of sp³-hybridized carbons (Fsp3) is 0.345. The molecule has 39 heavy (non-hydrogen) atoms. The lowest BCUT2D eigenvalue weighted by molar-refractivity contribution is -0.274. The Morgan fingerprint density at radius 2 is 1.77 bits per heavy atom. The molecule has 2 atom stereocenters. The van der Waals surface area contributed by atoms with Gasteiger partial charge in [0.25, 0.3) is 0 Å². The van der Waals surface area contributed by atoms with Crippen LogP contribution in [0.5, 0.6) is 23.0 Å². The summed E-state index contributed by atoms with van der Waals surface area (Å²) in [4.78, 5) is 11.2. The highest BCUT2D eigenvalue weighted by molar-refractivity contribution is 5.73. The molecule has 2 aliphatic rings. The van der Waals surface area contributed by atoms with E-state index < -0.39 is 35.9 Å². The number of halogens is 4. The number of methoxy groups -OCH3 is 1. The molecular weight excluding hydrogens is 520 g/mol. The molecule has 1 aliphatic heterocycles. The van der Waals surface area contributed by atoms with Crippen LogP contribution in [0.3, 0.4) is 0 Å². The minimum atomic E-state index is -5.02. The number of aliphatic carboxylic acids is 1. The topological polar surface area (TPSA) is 74.2 Å². The molecule has 5 rings (SSSR count). The highest BCUT2D eigenvalue weighted by Gasteiger charge is 2.34. The fourth-order valence-corrected chi connectivity index (χ4v) is 3.86. The second-order valence-electron chi connectivity index (χ2n) is 9.35. The molecule has 3 aromatic rings. The van der Waals surface area contributed by atoms with Gasteiger partial charge in [-0.15, -0.1) is 13.2 Å². The number of ether oxygens (including phenoxy) is 4. The zero-order valence-corrected chi connectivity index (χ0v) is 21.4. The predicted octanol–water partition coefficient (Wildman–Crippen LogP) is 7.35. The summed E-state index contributed by atoms with van der Waals surface area (Å²) in [5.41, 5.74) is 0.784. The van der Waals surface area contributed by atoms with Crippen molar-refractivity contribution in [3.63, 3.8) is 0 Å². The third-order valence-corrected chi connectivity index (χ3v) is 6.05. The molecule has 208 valence electrons. The molecule has 6 nitrogen and oxygen atoms in total. The van der Waals surface area contributed by atoms with Gasteiger partial charge in [-0.2, -0.15) is 0 Å². The molecule has 1 aliphatic carbocycles. The molecular formula is C29H28F4O6. The number of rotatable bonds is 7. The van der Waals surface area contributed by atoms with E-state index in [1.54, 1.807) is 25.1 Å². The van der Waals surface area contributed by atoms with Crippen molar-refractivity contribution in [3.05, 3.63) is 71.5 Å². The van der Waals surface area contributed by atoms with Gasteiger partial charge in [-0.3, -0.25) is 4.79 Å². The third-order valence-electron chi connectivity index (χ3n) is 6.05. The summed E-state index contributed by atoms with van der Waals surface area (Å²) in [7, 11) is 1.36. The van der Waals surface area contributed by atoms with Gasteiger partial charge in [-0.05, 0) is 53.9 Å². The Morgan fingerprint density at radius 3 is 2.41 bits per heavy atom. The first-order valence-corrected chi connectivity index (χ1v) is 12.4. The lowest BCUT2D eigenvalue weighted by Gasteiger charge is -2.28. The van der Waals surface area contributed by atoms with Gasteiger partial charge in [0.15, 0.2) is 17.6 Å². The van der Waals surface area contributed by atoms with E-state index in [-0.39, 0.29) is 29.9 Å². The standard InChI is InChI=1S/C26H22F4O6.C3H6/c1-14(25(31)32)9-15-3-8-21-23(10-15)35-24(13-34-21)16-4-6-18(22(11-16)36-26(28,29)30)19-12-17(33-2)5-7-20(19)27;1-2-3-1/h3-8,10-12,14,24H,9,13H2,1-2H3,(H,31,32);1-3H2. The van der Waals surface area contributed by atoms with Crippen LogP contribution in [-0.4, -0.2) is 31.2 Å². The van der Waals surface area contributed by atoms with E-state index in [2.05, 4.69) is 4.74 Å². The summed E-state index contributed by atoms with van der Waals surface area (Å²) >= 11 is 0. The maximum atomic E-state index is 14.5. The van der Waals surface area contributed by atoms with Gasteiger partial charge in [-0.1, -0.05) is 44.4 Å². The molecule has 2 unspecified atom stereocenters. The molecule has 0 bridgehead atoms. The minimum Gasteiger partial charge on any atom is -0.497 e. The molecule has 0 amide bonds. The smallest absolute Gasteiger partial charge is 0.497 e. The fourth-order valence-electron chi connectivity index (χ4n) is 3.86. The number of hydrogen-bond donors (Lipinski definition) is 1. The van der Waals surface area contributed by atoms with E-state index in [1.165, 1.54) is 50.6 Å². The van der Waals surface area contributed by atoms with Gasteiger partial charge < -0.3 is 24.1 Å². The van der Waals surface area contributed by atoms with E-state index in [0.717, 1.165) is 12.1 Å². The van der Waals surface area contributed by atoms with E-state index in [0.29, 0.717) is 22.6 Å². The third kappa shape index (κ3) is 7.55. The summed E-state index contributed by atoms with van der Waals surface area (Å²) in [6, 6.07) is 12.7. The zero-order valence-electron chi connectivity index (χ0n) is 21.4. The van der Waals surface area contributed by atoms with E-state index in [9.17, 15) is 22.4 Å². The normalized spacial score (nSPS) is 16.4. The van der Waals surface area contributed by atoms with Gasteiger partial charge in [-0.25, -0.2) is 4.39 Å². The van der Waals surface area contributed by atoms with Crippen molar-refractivity contribution in [2.45, 2.75) is 45.1 Å². The summed E-state index contributed by atoms with van der Waals surface area (Å²) in [5.74, 6) is -1.87. The van der Waals surface area contributed by atoms with Crippen molar-refractivity contribution in [1.29, 1.82) is 0 Å². The average Bonchev–Trinajstić information content (AvgIpc) is 3.78. The van der Waals surface area contributed by atoms with E-state index >= 15 is 0 Å². The van der Waals surface area contributed by atoms with Crippen LogP contribution >= 0.6 is 0 Å². The van der Waals surface area contributed by atoms with Crippen molar-refractivity contribution in [1.82, 2.24) is 0 Å². The number of carboxylic acid groups (broad SMARTS) is 1. The predicted molar refractivity (Wildman–Crippen MR) is 135 cm³/mol. The first-order chi connectivity index (χ1) is 18.5. The number of benzene rings is 3. The van der Waals surface area contributed by atoms with Crippen molar-refractivity contribution in [3.8, 4) is 34.1 Å². The number of carbonyl (C=O) groups is 1. The first-order valence-electron chi connectivity index (χ1n) is 12.4. The van der Waals surface area contributed by atoms with Crippen LogP contribution in [-0.2, 0) is 11.2 Å². The average molecular weight is 549 g/mol. The molecule has 0 aromatic heterocycles. The van der Waals surface area contributed by atoms with Crippen LogP contribution in [0.2, 0.25) is 0 Å². The SMILES string of the molecule is C1CC1.COc1ccc(F)c(-c2ccc(C3COc4ccc(CC(C)C(=O)O)cc4O3)cc2OC(F)(F)F)c1. The lowest BCUT2D eigenvalue weighted by Crippen LogP contribution is -2.23. The van der Waals surface area contributed by atoms with Gasteiger partial charge in [0.05, 0.1) is 13.0 Å². The quantitative estimate of drug-likeness (QED) is 0.311. The number of fused-ring (bicyclic) bond motifs is 1. The Labute approximate surface area is 223 Å².